The maximum absolute atomic E-state index is 14.0. The van der Waals surface area contributed by atoms with Gasteiger partial charge >= 0.3 is 0 Å². The first-order chi connectivity index (χ1) is 17.9. The van der Waals surface area contributed by atoms with Gasteiger partial charge in [-0.05, 0) is 62.8 Å². The van der Waals surface area contributed by atoms with Crippen LogP contribution in [0, 0.1) is 28.5 Å². The van der Waals surface area contributed by atoms with Crippen molar-refractivity contribution in [2.75, 3.05) is 24.0 Å². The Morgan fingerprint density at radius 1 is 1.03 bits per heavy atom. The Morgan fingerprint density at radius 2 is 1.68 bits per heavy atom. The molecule has 2 aliphatic rings. The van der Waals surface area contributed by atoms with Crippen LogP contribution in [0.25, 0.3) is 11.0 Å². The van der Waals surface area contributed by atoms with Crippen LogP contribution in [0.15, 0.2) is 35.1 Å². The van der Waals surface area contributed by atoms with Gasteiger partial charge in [0.2, 0.25) is 0 Å². The van der Waals surface area contributed by atoms with Crippen molar-refractivity contribution < 1.29 is 9.13 Å². The monoisotopic (exact) mass is 500 g/mol. The van der Waals surface area contributed by atoms with E-state index in [1.165, 1.54) is 17.7 Å². The van der Waals surface area contributed by atoms with Crippen LogP contribution >= 0.6 is 0 Å². The van der Waals surface area contributed by atoms with E-state index in [1.807, 2.05) is 18.0 Å². The molecule has 8 nitrogen and oxygen atoms in total. The van der Waals surface area contributed by atoms with Gasteiger partial charge < -0.3 is 19.1 Å². The summed E-state index contributed by atoms with van der Waals surface area (Å²) in [4.78, 5) is 21.9. The lowest BCUT2D eigenvalue weighted by molar-refractivity contribution is 0.364. The van der Waals surface area contributed by atoms with Crippen molar-refractivity contribution in [3.8, 4) is 17.9 Å². The summed E-state index contributed by atoms with van der Waals surface area (Å²) < 4.78 is 20.7. The van der Waals surface area contributed by atoms with Crippen LogP contribution in [0.3, 0.4) is 0 Å². The third kappa shape index (κ3) is 4.35. The zero-order valence-corrected chi connectivity index (χ0v) is 21.2. The van der Waals surface area contributed by atoms with E-state index in [0.29, 0.717) is 28.8 Å². The van der Waals surface area contributed by atoms with Crippen LogP contribution in [-0.2, 0) is 7.05 Å². The summed E-state index contributed by atoms with van der Waals surface area (Å²) in [6.07, 6.45) is 5.82. The van der Waals surface area contributed by atoms with Crippen LogP contribution < -0.4 is 20.1 Å². The third-order valence-electron chi connectivity index (χ3n) is 7.77. The summed E-state index contributed by atoms with van der Waals surface area (Å²) >= 11 is 0. The molecule has 0 radical (unpaired) electrons. The molecule has 0 spiro atoms. The number of rotatable bonds is 6. The standard InChI is InChI=1S/C28H29FN6O2/c1-33(27-22(16-31)28(36)34(2)24-13-4-17(15-30)32-26(24)27)18-5-7-19(8-6-18)35(20-9-10-20)21-11-12-23(29)25(14-21)37-3/h4,11-14,18-20H,5-10H2,1-3H3. The fourth-order valence-electron chi connectivity index (χ4n) is 5.69. The first kappa shape index (κ1) is 24.6. The number of nitriles is 2. The number of methoxy groups -OCH3 is 1. The van der Waals surface area contributed by atoms with Crippen LogP contribution in [-0.4, -0.2) is 41.8 Å². The zero-order chi connectivity index (χ0) is 26.3. The van der Waals surface area contributed by atoms with Gasteiger partial charge in [0, 0.05) is 44.0 Å². The number of nitrogens with zero attached hydrogens (tertiary/aromatic N) is 6. The van der Waals surface area contributed by atoms with E-state index in [2.05, 4.69) is 22.0 Å². The molecule has 9 heteroatoms. The normalized spacial score (nSPS) is 19.2. The number of aryl methyl sites for hydroxylation is 1. The van der Waals surface area contributed by atoms with Gasteiger partial charge in [-0.3, -0.25) is 4.79 Å². The van der Waals surface area contributed by atoms with Gasteiger partial charge in [-0.25, -0.2) is 9.37 Å². The molecule has 0 atom stereocenters. The molecule has 0 amide bonds. The highest BCUT2D eigenvalue weighted by Gasteiger charge is 2.37. The number of benzene rings is 1. The quantitative estimate of drug-likeness (QED) is 0.499. The number of hydrogen-bond donors (Lipinski definition) is 0. The summed E-state index contributed by atoms with van der Waals surface area (Å²) in [7, 11) is 5.00. The minimum absolute atomic E-state index is 0.0419. The Morgan fingerprint density at radius 3 is 2.27 bits per heavy atom. The maximum atomic E-state index is 14.0. The van der Waals surface area contributed by atoms with E-state index in [4.69, 9.17) is 4.74 Å². The molecule has 2 aromatic heterocycles. The fraction of sp³-hybridized carbons (Fsp3) is 0.429. The highest BCUT2D eigenvalue weighted by molar-refractivity contribution is 5.92. The van der Waals surface area contributed by atoms with Crippen molar-refractivity contribution in [2.24, 2.45) is 7.05 Å². The SMILES string of the molecule is COc1cc(N(C2CCC(N(C)c3c(C#N)c(=O)n(C)c4ccc(C#N)nc34)CC2)C2CC2)ccc1F. The molecule has 1 aromatic carbocycles. The van der Waals surface area contributed by atoms with E-state index in [-0.39, 0.29) is 34.4 Å². The third-order valence-corrected chi connectivity index (χ3v) is 7.77. The van der Waals surface area contributed by atoms with Crippen LogP contribution in [0.4, 0.5) is 15.8 Å². The van der Waals surface area contributed by atoms with E-state index in [1.54, 1.807) is 25.2 Å². The highest BCUT2D eigenvalue weighted by Crippen LogP contribution is 2.40. The van der Waals surface area contributed by atoms with Crippen molar-refractivity contribution in [3.05, 3.63) is 57.8 Å². The largest absolute Gasteiger partial charge is 0.494 e. The van der Waals surface area contributed by atoms with Crippen molar-refractivity contribution in [1.82, 2.24) is 9.55 Å². The molecule has 2 aliphatic carbocycles. The summed E-state index contributed by atoms with van der Waals surface area (Å²) in [6.45, 7) is 0. The second-order valence-electron chi connectivity index (χ2n) is 9.91. The Bertz CT molecular complexity index is 1490. The number of ether oxygens (including phenoxy) is 1. The zero-order valence-electron chi connectivity index (χ0n) is 21.2. The van der Waals surface area contributed by atoms with E-state index in [0.717, 1.165) is 44.2 Å². The molecule has 2 saturated carbocycles. The van der Waals surface area contributed by atoms with Gasteiger partial charge in [0.25, 0.3) is 5.56 Å². The molecular weight excluding hydrogens is 471 g/mol. The highest BCUT2D eigenvalue weighted by atomic mass is 19.1. The first-order valence-corrected chi connectivity index (χ1v) is 12.6. The molecule has 0 unspecified atom stereocenters. The molecule has 190 valence electrons. The number of halogens is 1. The lowest BCUT2D eigenvalue weighted by Gasteiger charge is -2.42. The topological polar surface area (TPSA) is 98.2 Å². The van der Waals surface area contributed by atoms with Crippen molar-refractivity contribution in [3.63, 3.8) is 0 Å². The van der Waals surface area contributed by atoms with Gasteiger partial charge in [-0.1, -0.05) is 0 Å². The van der Waals surface area contributed by atoms with Crippen molar-refractivity contribution in [2.45, 2.75) is 56.7 Å². The number of aromatic nitrogens is 2. The van der Waals surface area contributed by atoms with Crippen molar-refractivity contribution >= 4 is 22.4 Å². The van der Waals surface area contributed by atoms with Gasteiger partial charge in [0.15, 0.2) is 11.6 Å². The Labute approximate surface area is 215 Å². The molecule has 2 heterocycles. The average Bonchev–Trinajstić information content (AvgIpc) is 3.76. The Hall–Kier alpha value is -4.11. The molecule has 3 aromatic rings. The molecular formula is C28H29FN6O2. The number of anilines is 2. The molecule has 2 fully saturated rings. The van der Waals surface area contributed by atoms with Crippen LogP contribution in [0.2, 0.25) is 0 Å². The first-order valence-electron chi connectivity index (χ1n) is 12.6. The Balaban J connectivity index is 1.43. The summed E-state index contributed by atoms with van der Waals surface area (Å²) in [5, 5.41) is 19.3. The summed E-state index contributed by atoms with van der Waals surface area (Å²) in [5.41, 5.74) is 2.45. The molecule has 0 aliphatic heterocycles. The average molecular weight is 501 g/mol. The molecule has 5 rings (SSSR count). The molecule has 0 N–H and O–H groups in total. The molecule has 0 bridgehead atoms. The van der Waals surface area contributed by atoms with E-state index in [9.17, 15) is 19.7 Å². The van der Waals surface area contributed by atoms with Gasteiger partial charge in [-0.2, -0.15) is 10.5 Å². The van der Waals surface area contributed by atoms with Gasteiger partial charge in [-0.15, -0.1) is 0 Å². The van der Waals surface area contributed by atoms with E-state index < -0.39 is 0 Å². The second-order valence-corrected chi connectivity index (χ2v) is 9.91. The van der Waals surface area contributed by atoms with Crippen molar-refractivity contribution in [1.29, 1.82) is 10.5 Å². The predicted octanol–water partition coefficient (Wildman–Crippen LogP) is 4.24. The summed E-state index contributed by atoms with van der Waals surface area (Å²) in [6, 6.07) is 13.4. The van der Waals surface area contributed by atoms with E-state index >= 15 is 0 Å². The minimum Gasteiger partial charge on any atom is -0.494 e. The van der Waals surface area contributed by atoms with Crippen LogP contribution in [0.5, 0.6) is 5.75 Å². The molecule has 0 saturated heterocycles. The number of pyridine rings is 2. The number of fused-ring (bicyclic) bond motifs is 1. The van der Waals surface area contributed by atoms with Crippen LogP contribution in [0.1, 0.15) is 49.8 Å². The molecule has 37 heavy (non-hydrogen) atoms. The summed E-state index contributed by atoms with van der Waals surface area (Å²) in [5.74, 6) is -0.114. The predicted molar refractivity (Wildman–Crippen MR) is 139 cm³/mol. The smallest absolute Gasteiger partial charge is 0.270 e. The second kappa shape index (κ2) is 9.74. The Kier molecular flexibility index (Phi) is 6.47. The lowest BCUT2D eigenvalue weighted by atomic mass is 9.88. The minimum atomic E-state index is -0.373. The fourth-order valence-corrected chi connectivity index (χ4v) is 5.69. The van der Waals surface area contributed by atoms with Gasteiger partial charge in [0.05, 0.1) is 18.3 Å². The lowest BCUT2D eigenvalue weighted by Crippen LogP contribution is -2.45. The number of hydrogen-bond acceptors (Lipinski definition) is 7. The van der Waals surface area contributed by atoms with Gasteiger partial charge in [0.1, 0.15) is 28.9 Å². The maximum Gasteiger partial charge on any atom is 0.270 e.